The van der Waals surface area contributed by atoms with Crippen LogP contribution in [-0.2, 0) is 10.0 Å². The number of rotatable bonds is 7. The highest BCUT2D eigenvalue weighted by molar-refractivity contribution is 7.92. The van der Waals surface area contributed by atoms with E-state index in [1.54, 1.807) is 30.6 Å². The van der Waals surface area contributed by atoms with Gasteiger partial charge in [-0.2, -0.15) is 0 Å². The van der Waals surface area contributed by atoms with Gasteiger partial charge in [-0.15, -0.1) is 0 Å². The second kappa shape index (κ2) is 10.3. The molecule has 2 N–H and O–H groups in total. The van der Waals surface area contributed by atoms with Gasteiger partial charge in [0.2, 0.25) is 5.95 Å². The lowest BCUT2D eigenvalue weighted by Gasteiger charge is -2.22. The zero-order valence-corrected chi connectivity index (χ0v) is 19.9. The van der Waals surface area contributed by atoms with E-state index in [-0.39, 0.29) is 15.7 Å². The maximum Gasteiger partial charge on any atom is 0.264 e. The Bertz CT molecular complexity index is 1240. The highest BCUT2D eigenvalue weighted by Crippen LogP contribution is 2.24. The highest BCUT2D eigenvalue weighted by atomic mass is 35.5. The number of halogens is 1. The molecule has 1 aliphatic rings. The number of hydrogen-bond donors (Lipinski definition) is 2. The van der Waals surface area contributed by atoms with Crippen molar-refractivity contribution >= 4 is 45.5 Å². The summed E-state index contributed by atoms with van der Waals surface area (Å²) >= 11 is 6.03. The van der Waals surface area contributed by atoms with Crippen LogP contribution >= 0.6 is 11.6 Å². The lowest BCUT2D eigenvalue weighted by atomic mass is 9.96. The molecule has 3 aromatic rings. The molecule has 7 nitrogen and oxygen atoms in total. The van der Waals surface area contributed by atoms with Crippen LogP contribution in [0.5, 0.6) is 0 Å². The Kier molecular flexibility index (Phi) is 7.25. The second-order valence-corrected chi connectivity index (χ2v) is 10.1. The number of pyridine rings is 1. The minimum atomic E-state index is -3.83. The molecule has 0 amide bonds. The molecule has 1 fully saturated rings. The lowest BCUT2D eigenvalue weighted by Crippen LogP contribution is -2.23. The molecule has 0 atom stereocenters. The summed E-state index contributed by atoms with van der Waals surface area (Å²) in [6.45, 7) is 1.82. The molecule has 1 saturated carbocycles. The van der Waals surface area contributed by atoms with Crippen LogP contribution in [0.4, 0.5) is 11.8 Å². The third-order valence-corrected chi connectivity index (χ3v) is 7.41. The van der Waals surface area contributed by atoms with Crippen LogP contribution in [-0.4, -0.2) is 29.4 Å². The van der Waals surface area contributed by atoms with Crippen LogP contribution in [0.1, 0.15) is 48.9 Å². The Labute approximate surface area is 199 Å². The summed E-state index contributed by atoms with van der Waals surface area (Å²) in [6.07, 6.45) is 13.5. The molecular weight excluding hydrogens is 458 g/mol. The Morgan fingerprint density at radius 1 is 1.00 bits per heavy atom. The van der Waals surface area contributed by atoms with E-state index in [0.29, 0.717) is 17.7 Å². The molecule has 1 aromatic carbocycles. The molecule has 2 aromatic heterocycles. The van der Waals surface area contributed by atoms with Crippen molar-refractivity contribution in [3.05, 3.63) is 70.6 Å². The molecule has 9 heteroatoms. The van der Waals surface area contributed by atoms with Gasteiger partial charge >= 0.3 is 0 Å². The van der Waals surface area contributed by atoms with E-state index in [4.69, 9.17) is 11.6 Å². The molecule has 0 bridgehead atoms. The second-order valence-electron chi connectivity index (χ2n) is 8.06. The zero-order valence-electron chi connectivity index (χ0n) is 18.3. The number of anilines is 2. The number of aryl methyl sites for hydroxylation is 1. The summed E-state index contributed by atoms with van der Waals surface area (Å²) in [7, 11) is -3.83. The van der Waals surface area contributed by atoms with Gasteiger partial charge in [0.1, 0.15) is 10.7 Å². The average molecular weight is 484 g/mol. The highest BCUT2D eigenvalue weighted by Gasteiger charge is 2.18. The molecular formula is C24H26ClN5O2S. The summed E-state index contributed by atoms with van der Waals surface area (Å²) in [6, 6.07) is 10.2. The SMILES string of the molecule is Cc1nc(NS(=O)(=O)c2ccccc2Cl)ccc1/C=C/c1cnc(NC2CCCCC2)nc1. The van der Waals surface area contributed by atoms with Gasteiger partial charge in [-0.05, 0) is 49.6 Å². The van der Waals surface area contributed by atoms with Gasteiger partial charge in [-0.3, -0.25) is 4.72 Å². The van der Waals surface area contributed by atoms with Crippen LogP contribution in [0.2, 0.25) is 5.02 Å². The molecule has 0 unspecified atom stereocenters. The summed E-state index contributed by atoms with van der Waals surface area (Å²) < 4.78 is 27.7. The minimum Gasteiger partial charge on any atom is -0.351 e. The first kappa shape index (κ1) is 23.2. The number of hydrogen-bond acceptors (Lipinski definition) is 6. The third-order valence-electron chi connectivity index (χ3n) is 5.56. The molecule has 0 aliphatic heterocycles. The fraction of sp³-hybridized carbons (Fsp3) is 0.292. The fourth-order valence-electron chi connectivity index (χ4n) is 3.77. The number of nitrogens with zero attached hydrogens (tertiary/aromatic N) is 3. The minimum absolute atomic E-state index is 0.0107. The molecule has 0 saturated heterocycles. The number of aromatic nitrogens is 3. The van der Waals surface area contributed by atoms with Crippen molar-refractivity contribution in [2.24, 2.45) is 0 Å². The zero-order chi connectivity index (χ0) is 23.3. The molecule has 0 radical (unpaired) electrons. The van der Waals surface area contributed by atoms with Crippen molar-refractivity contribution in [1.82, 2.24) is 15.0 Å². The summed E-state index contributed by atoms with van der Waals surface area (Å²) in [5.41, 5.74) is 2.41. The van der Waals surface area contributed by atoms with Crippen LogP contribution in [0.3, 0.4) is 0 Å². The molecule has 1 aliphatic carbocycles. The largest absolute Gasteiger partial charge is 0.351 e. The maximum absolute atomic E-state index is 12.6. The lowest BCUT2D eigenvalue weighted by molar-refractivity contribution is 0.461. The first-order valence-corrected chi connectivity index (χ1v) is 12.8. The van der Waals surface area contributed by atoms with E-state index >= 15 is 0 Å². The third kappa shape index (κ3) is 6.09. The molecule has 2 heterocycles. The Morgan fingerprint density at radius 2 is 1.73 bits per heavy atom. The molecule has 172 valence electrons. The standard InChI is InChI=1S/C24H26ClN5O2S/c1-17-19(12-11-18-15-26-24(27-16-18)29-20-7-3-2-4-8-20)13-14-23(28-17)30-33(31,32)22-10-6-5-9-21(22)25/h5-6,9-16,20H,2-4,7-8H2,1H3,(H,28,30)(H,26,27,29)/b12-11+. The van der Waals surface area contributed by atoms with Gasteiger partial charge in [0, 0.05) is 29.7 Å². The van der Waals surface area contributed by atoms with Gasteiger partial charge < -0.3 is 5.32 Å². The monoisotopic (exact) mass is 483 g/mol. The van der Waals surface area contributed by atoms with Crippen molar-refractivity contribution in [2.45, 2.75) is 50.0 Å². The first-order valence-electron chi connectivity index (χ1n) is 10.9. The summed E-state index contributed by atoms with van der Waals surface area (Å²) in [5, 5.41) is 3.57. The molecule has 4 rings (SSSR count). The Morgan fingerprint density at radius 3 is 2.42 bits per heavy atom. The van der Waals surface area contributed by atoms with Gasteiger partial charge in [0.25, 0.3) is 10.0 Å². The smallest absolute Gasteiger partial charge is 0.264 e. The predicted molar refractivity (Wildman–Crippen MR) is 133 cm³/mol. The van der Waals surface area contributed by atoms with Crippen LogP contribution < -0.4 is 10.0 Å². The van der Waals surface area contributed by atoms with E-state index in [0.717, 1.165) is 11.1 Å². The summed E-state index contributed by atoms with van der Waals surface area (Å²) in [4.78, 5) is 13.2. The van der Waals surface area contributed by atoms with Crippen LogP contribution in [0.25, 0.3) is 12.2 Å². The van der Waals surface area contributed by atoms with Crippen molar-refractivity contribution < 1.29 is 8.42 Å². The molecule has 0 spiro atoms. The van der Waals surface area contributed by atoms with Crippen LogP contribution in [0, 0.1) is 6.92 Å². The van der Waals surface area contributed by atoms with Gasteiger partial charge in [0.05, 0.1) is 5.02 Å². The van der Waals surface area contributed by atoms with E-state index in [2.05, 4.69) is 25.0 Å². The topological polar surface area (TPSA) is 96.9 Å². The number of sulfonamides is 1. The Balaban J connectivity index is 1.41. The predicted octanol–water partition coefficient (Wildman–Crippen LogP) is 5.55. The van der Waals surface area contributed by atoms with Crippen molar-refractivity contribution in [1.29, 1.82) is 0 Å². The Hall–Kier alpha value is -2.97. The quantitative estimate of drug-likeness (QED) is 0.457. The average Bonchev–Trinajstić information content (AvgIpc) is 2.80. The summed E-state index contributed by atoms with van der Waals surface area (Å²) in [5.74, 6) is 0.887. The molecule has 33 heavy (non-hydrogen) atoms. The normalized spacial score (nSPS) is 15.0. The number of benzene rings is 1. The van der Waals surface area contributed by atoms with E-state index in [1.165, 1.54) is 44.2 Å². The number of nitrogens with one attached hydrogen (secondary N) is 2. The fourth-order valence-corrected chi connectivity index (χ4v) is 5.30. The van der Waals surface area contributed by atoms with E-state index in [1.807, 2.05) is 25.1 Å². The van der Waals surface area contributed by atoms with E-state index < -0.39 is 10.0 Å². The van der Waals surface area contributed by atoms with E-state index in [9.17, 15) is 8.42 Å². The van der Waals surface area contributed by atoms with Crippen molar-refractivity contribution in [3.8, 4) is 0 Å². The van der Waals surface area contributed by atoms with Gasteiger partial charge in [0.15, 0.2) is 0 Å². The first-order chi connectivity index (χ1) is 15.9. The van der Waals surface area contributed by atoms with Crippen LogP contribution in [0.15, 0.2) is 53.7 Å². The van der Waals surface area contributed by atoms with Gasteiger partial charge in [-0.1, -0.05) is 55.1 Å². The maximum atomic E-state index is 12.6. The van der Waals surface area contributed by atoms with Gasteiger partial charge in [-0.25, -0.2) is 23.4 Å². The van der Waals surface area contributed by atoms with Crippen molar-refractivity contribution in [2.75, 3.05) is 10.0 Å². The van der Waals surface area contributed by atoms with Crippen molar-refractivity contribution in [3.63, 3.8) is 0 Å².